The molecule has 176 valence electrons. The number of fused-ring (bicyclic) bond motifs is 3. The molecule has 1 aliphatic carbocycles. The van der Waals surface area contributed by atoms with Crippen LogP contribution in [0.2, 0.25) is 0 Å². The minimum atomic E-state index is -0.333. The van der Waals surface area contributed by atoms with Crippen LogP contribution in [0.3, 0.4) is 0 Å². The Bertz CT molecular complexity index is 1320. The van der Waals surface area contributed by atoms with Crippen LogP contribution in [0.5, 0.6) is 0 Å². The summed E-state index contributed by atoms with van der Waals surface area (Å²) in [5.41, 5.74) is 8.74. The number of benzene rings is 2. The molecule has 35 heavy (non-hydrogen) atoms. The Morgan fingerprint density at radius 1 is 1.09 bits per heavy atom. The van der Waals surface area contributed by atoms with Gasteiger partial charge >= 0.3 is 5.97 Å². The zero-order chi connectivity index (χ0) is 24.4. The molecule has 2 heterocycles. The minimum Gasteiger partial charge on any atom is -0.465 e. The summed E-state index contributed by atoms with van der Waals surface area (Å²) >= 11 is 0. The van der Waals surface area contributed by atoms with Crippen molar-refractivity contribution in [3.8, 4) is 0 Å². The molecule has 1 amide bonds. The van der Waals surface area contributed by atoms with Crippen LogP contribution in [0.4, 0.5) is 5.69 Å². The van der Waals surface area contributed by atoms with Crippen molar-refractivity contribution in [1.82, 2.24) is 10.4 Å². The Morgan fingerprint density at radius 3 is 2.63 bits per heavy atom. The summed E-state index contributed by atoms with van der Waals surface area (Å²) in [6.45, 7) is 1.88. The molecule has 0 saturated carbocycles. The number of nitrogens with one attached hydrogen (secondary N) is 2. The number of hydrogen-bond donors (Lipinski definition) is 2. The lowest BCUT2D eigenvalue weighted by molar-refractivity contribution is 0.0600. The van der Waals surface area contributed by atoms with E-state index in [0.717, 1.165) is 28.9 Å². The van der Waals surface area contributed by atoms with Gasteiger partial charge in [-0.3, -0.25) is 9.78 Å². The van der Waals surface area contributed by atoms with E-state index >= 15 is 0 Å². The average molecular weight is 467 g/mol. The first-order chi connectivity index (χ1) is 17.0. The fourth-order valence-corrected chi connectivity index (χ4v) is 4.85. The van der Waals surface area contributed by atoms with Gasteiger partial charge in [0, 0.05) is 24.0 Å². The van der Waals surface area contributed by atoms with Gasteiger partial charge in [0.05, 0.1) is 30.0 Å². The minimum absolute atomic E-state index is 0.133. The maximum Gasteiger partial charge on any atom is 0.337 e. The topological polar surface area (TPSA) is 92.7 Å². The molecule has 5 rings (SSSR count). The molecule has 0 fully saturated rings. The van der Waals surface area contributed by atoms with Crippen molar-refractivity contribution >= 4 is 23.3 Å². The van der Waals surface area contributed by atoms with E-state index in [-0.39, 0.29) is 23.8 Å². The lowest BCUT2D eigenvalue weighted by Gasteiger charge is -2.37. The fourth-order valence-electron chi connectivity index (χ4n) is 4.85. The maximum atomic E-state index is 12.3. The van der Waals surface area contributed by atoms with Crippen molar-refractivity contribution < 1.29 is 14.3 Å². The van der Waals surface area contributed by atoms with Gasteiger partial charge in [0.15, 0.2) is 0 Å². The number of nitrogens with zero attached hydrogens (tertiary/aromatic N) is 2. The molecule has 0 spiro atoms. The van der Waals surface area contributed by atoms with E-state index in [9.17, 15) is 9.59 Å². The molecule has 0 radical (unpaired) electrons. The summed E-state index contributed by atoms with van der Waals surface area (Å²) in [6.07, 6.45) is 8.62. The Morgan fingerprint density at radius 2 is 1.89 bits per heavy atom. The van der Waals surface area contributed by atoms with E-state index in [1.807, 2.05) is 37.3 Å². The number of ether oxygens (including phenoxy) is 1. The highest BCUT2D eigenvalue weighted by atomic mass is 16.5. The second kappa shape index (κ2) is 9.54. The number of rotatable bonds is 5. The number of amides is 1. The molecule has 7 heteroatoms. The molecule has 0 saturated heterocycles. The van der Waals surface area contributed by atoms with Crippen LogP contribution in [-0.4, -0.2) is 29.7 Å². The molecule has 2 aliphatic rings. The zero-order valence-electron chi connectivity index (χ0n) is 19.6. The zero-order valence-corrected chi connectivity index (χ0v) is 19.6. The summed E-state index contributed by atoms with van der Waals surface area (Å²) in [7, 11) is 1.39. The van der Waals surface area contributed by atoms with Crippen LogP contribution < -0.4 is 10.7 Å². The highest BCUT2D eigenvalue weighted by Gasteiger charge is 2.38. The number of hydrazone groups is 1. The largest absolute Gasteiger partial charge is 0.465 e. The van der Waals surface area contributed by atoms with Gasteiger partial charge in [-0.1, -0.05) is 30.4 Å². The first-order valence-corrected chi connectivity index (χ1v) is 11.6. The summed E-state index contributed by atoms with van der Waals surface area (Å²) in [5, 5.41) is 8.02. The van der Waals surface area contributed by atoms with Gasteiger partial charge in [-0.15, -0.1) is 0 Å². The van der Waals surface area contributed by atoms with Gasteiger partial charge in [-0.2, -0.15) is 5.10 Å². The molecule has 2 aromatic carbocycles. The normalized spacial score (nSPS) is 20.4. The van der Waals surface area contributed by atoms with Gasteiger partial charge in [0.25, 0.3) is 5.91 Å². The van der Waals surface area contributed by atoms with Crippen molar-refractivity contribution in [2.75, 3.05) is 12.4 Å². The Balaban J connectivity index is 1.38. The Hall–Kier alpha value is -4.26. The molecule has 1 aliphatic heterocycles. The van der Waals surface area contributed by atoms with Gasteiger partial charge in [-0.25, -0.2) is 10.2 Å². The van der Waals surface area contributed by atoms with Gasteiger partial charge in [-0.05, 0) is 72.4 Å². The van der Waals surface area contributed by atoms with Gasteiger partial charge in [0.2, 0.25) is 0 Å². The first-order valence-electron chi connectivity index (χ1n) is 11.6. The van der Waals surface area contributed by atoms with Gasteiger partial charge < -0.3 is 10.1 Å². The third-order valence-electron chi connectivity index (χ3n) is 6.72. The number of aromatic nitrogens is 1. The average Bonchev–Trinajstić information content (AvgIpc) is 3.41. The van der Waals surface area contributed by atoms with Crippen molar-refractivity contribution in [3.05, 3.63) is 107 Å². The molecule has 0 bridgehead atoms. The number of hydrogen-bond acceptors (Lipinski definition) is 6. The number of carbonyl (C=O) groups excluding carboxylic acids is 2. The predicted molar refractivity (Wildman–Crippen MR) is 134 cm³/mol. The SMILES string of the molecule is COC(=O)c1ccc([C@@H]2Nc3ccc(/C(C)=N\NC(=O)c4cccnc4)cc3[C@@H]3C=CC[C@@H]32)cc1. The smallest absolute Gasteiger partial charge is 0.337 e. The molecule has 3 aromatic rings. The third kappa shape index (κ3) is 4.45. The van der Waals surface area contributed by atoms with E-state index in [4.69, 9.17) is 4.74 Å². The standard InChI is InChI=1S/C28H26N4O3/c1-17(31-32-27(33)21-5-4-14-29-16-21)20-12-13-25-24(15-20)22-6-3-7-23(22)26(30-25)18-8-10-19(11-9-18)28(34)35-2/h3-6,8-16,22-23,26,30H,7H2,1-2H3,(H,32,33)/b31-17-/t22-,23+,26+/m1/s1. The van der Waals surface area contributed by atoms with Crippen LogP contribution in [0.15, 0.2) is 84.2 Å². The van der Waals surface area contributed by atoms with E-state index in [1.165, 1.54) is 18.9 Å². The monoisotopic (exact) mass is 466 g/mol. The number of anilines is 1. The Labute approximate surface area is 203 Å². The number of pyridine rings is 1. The molecular formula is C28H26N4O3. The molecule has 1 aromatic heterocycles. The molecule has 2 N–H and O–H groups in total. The second-order valence-corrected chi connectivity index (χ2v) is 8.77. The fraction of sp³-hybridized carbons (Fsp3) is 0.214. The third-order valence-corrected chi connectivity index (χ3v) is 6.72. The number of carbonyl (C=O) groups is 2. The number of allylic oxidation sites excluding steroid dienone is 2. The van der Waals surface area contributed by atoms with Crippen molar-refractivity contribution in [2.24, 2.45) is 11.0 Å². The highest BCUT2D eigenvalue weighted by Crippen LogP contribution is 2.50. The van der Waals surface area contributed by atoms with E-state index in [2.05, 4.69) is 45.1 Å². The lowest BCUT2D eigenvalue weighted by Crippen LogP contribution is -2.29. The van der Waals surface area contributed by atoms with E-state index in [1.54, 1.807) is 18.3 Å². The summed E-state index contributed by atoms with van der Waals surface area (Å²) in [4.78, 5) is 28.1. The lowest BCUT2D eigenvalue weighted by atomic mass is 9.76. The quantitative estimate of drug-likeness (QED) is 0.243. The van der Waals surface area contributed by atoms with Crippen LogP contribution in [-0.2, 0) is 4.74 Å². The predicted octanol–water partition coefficient (Wildman–Crippen LogP) is 4.85. The van der Waals surface area contributed by atoms with Crippen LogP contribution in [0.1, 0.15) is 62.7 Å². The molecule has 3 atom stereocenters. The van der Waals surface area contributed by atoms with Crippen molar-refractivity contribution in [1.29, 1.82) is 0 Å². The first kappa shape index (κ1) is 22.5. The van der Waals surface area contributed by atoms with Crippen LogP contribution >= 0.6 is 0 Å². The maximum absolute atomic E-state index is 12.3. The van der Waals surface area contributed by atoms with Crippen LogP contribution in [0.25, 0.3) is 0 Å². The highest BCUT2D eigenvalue weighted by molar-refractivity contribution is 6.01. The van der Waals surface area contributed by atoms with Crippen molar-refractivity contribution in [3.63, 3.8) is 0 Å². The number of esters is 1. The Kier molecular flexibility index (Phi) is 6.14. The van der Waals surface area contributed by atoms with E-state index < -0.39 is 0 Å². The van der Waals surface area contributed by atoms with Crippen molar-refractivity contribution in [2.45, 2.75) is 25.3 Å². The molecule has 7 nitrogen and oxygen atoms in total. The van der Waals surface area contributed by atoms with Gasteiger partial charge in [0.1, 0.15) is 0 Å². The summed E-state index contributed by atoms with van der Waals surface area (Å²) < 4.78 is 4.82. The summed E-state index contributed by atoms with van der Waals surface area (Å²) in [6, 6.07) is 17.4. The molecular weight excluding hydrogens is 440 g/mol. The summed E-state index contributed by atoms with van der Waals surface area (Å²) in [5.74, 6) is 0.00977. The molecule has 0 unspecified atom stereocenters. The van der Waals surface area contributed by atoms with Crippen LogP contribution in [0, 0.1) is 5.92 Å². The van der Waals surface area contributed by atoms with E-state index in [0.29, 0.717) is 17.0 Å². The second-order valence-electron chi connectivity index (χ2n) is 8.77. The number of methoxy groups -OCH3 is 1.